The Hall–Kier alpha value is -3.51. The van der Waals surface area contributed by atoms with E-state index in [2.05, 4.69) is 0 Å². The maximum Gasteiger partial charge on any atom is 0.417 e. The molecule has 1 aliphatic heterocycles. The molecule has 3 aromatic carbocycles. The van der Waals surface area contributed by atoms with Crippen molar-refractivity contribution in [3.05, 3.63) is 99.6 Å². The van der Waals surface area contributed by atoms with Gasteiger partial charge in [-0.1, -0.05) is 48.0 Å². The second-order valence-electron chi connectivity index (χ2n) is 8.75. The van der Waals surface area contributed by atoms with Gasteiger partial charge < -0.3 is 9.47 Å². The zero-order valence-corrected chi connectivity index (χ0v) is 21.6. The molecular weight excluding hydrogens is 586 g/mol. The van der Waals surface area contributed by atoms with E-state index in [1.54, 1.807) is 0 Å². The number of thioether (sulfide) groups is 1. The van der Waals surface area contributed by atoms with E-state index in [-0.39, 0.29) is 16.3 Å². The summed E-state index contributed by atoms with van der Waals surface area (Å²) in [5, 5.41) is 0.233. The Bertz CT molecular complexity index is 1400. The van der Waals surface area contributed by atoms with Crippen LogP contribution in [0.1, 0.15) is 42.2 Å². The highest BCUT2D eigenvalue weighted by atomic mass is 35.5. The molecule has 0 saturated heterocycles. The summed E-state index contributed by atoms with van der Waals surface area (Å²) in [6.07, 6.45) is -9.75. The van der Waals surface area contributed by atoms with Gasteiger partial charge in [-0.2, -0.15) is 26.3 Å². The first kappa shape index (κ1) is 29.5. The van der Waals surface area contributed by atoms with Gasteiger partial charge in [0.25, 0.3) is 0 Å². The molecule has 0 radical (unpaired) electrons. The third-order valence-corrected chi connectivity index (χ3v) is 7.90. The Morgan fingerprint density at radius 1 is 0.775 bits per heavy atom. The third-order valence-electron chi connectivity index (χ3n) is 6.05. The number of halogens is 7. The minimum atomic E-state index is -4.87. The number of carbonyl (C=O) groups is 3. The van der Waals surface area contributed by atoms with Crippen molar-refractivity contribution >= 4 is 41.1 Å². The maximum absolute atomic E-state index is 13.6. The number of rotatable bonds is 6. The summed E-state index contributed by atoms with van der Waals surface area (Å²) < 4.78 is 90.8. The van der Waals surface area contributed by atoms with Gasteiger partial charge in [0.15, 0.2) is 5.78 Å². The molecule has 3 aromatic rings. The minimum absolute atomic E-state index is 0.0715. The van der Waals surface area contributed by atoms with E-state index >= 15 is 0 Å². The zero-order valence-electron chi connectivity index (χ0n) is 20.1. The van der Waals surface area contributed by atoms with Crippen molar-refractivity contribution in [3.8, 4) is 0 Å². The van der Waals surface area contributed by atoms with E-state index in [9.17, 15) is 40.7 Å². The molecule has 0 amide bonds. The molecule has 0 fully saturated rings. The van der Waals surface area contributed by atoms with Gasteiger partial charge in [-0.05, 0) is 30.3 Å². The van der Waals surface area contributed by atoms with Crippen molar-refractivity contribution in [1.82, 2.24) is 0 Å². The summed E-state index contributed by atoms with van der Waals surface area (Å²) >= 11 is 7.22. The second kappa shape index (κ2) is 11.2. The van der Waals surface area contributed by atoms with Crippen molar-refractivity contribution < 1.29 is 50.2 Å². The van der Waals surface area contributed by atoms with Crippen molar-refractivity contribution in [1.29, 1.82) is 0 Å². The van der Waals surface area contributed by atoms with E-state index in [0.717, 1.165) is 36.0 Å². The van der Waals surface area contributed by atoms with Crippen LogP contribution in [0.15, 0.2) is 71.6 Å². The first-order valence-corrected chi connectivity index (χ1v) is 12.7. The highest BCUT2D eigenvalue weighted by molar-refractivity contribution is 7.99. The number of Topliss-reactive ketones (excluding diaryl/α,β-unsaturated/α-hetero) is 1. The Morgan fingerprint density at radius 3 is 1.73 bits per heavy atom. The molecule has 0 N–H and O–H groups in total. The normalized spacial score (nSPS) is 14.8. The molecule has 0 saturated carbocycles. The van der Waals surface area contributed by atoms with Crippen LogP contribution in [0, 0.1) is 5.41 Å². The van der Waals surface area contributed by atoms with E-state index < -0.39 is 71.0 Å². The summed E-state index contributed by atoms with van der Waals surface area (Å²) in [5.41, 5.74) is -5.89. The lowest BCUT2D eigenvalue weighted by atomic mass is 9.82. The number of carbonyl (C=O) groups excluding carboxylic acids is 3. The van der Waals surface area contributed by atoms with E-state index in [1.807, 2.05) is 0 Å². The Balaban J connectivity index is 1.64. The van der Waals surface area contributed by atoms with Crippen LogP contribution in [-0.4, -0.2) is 36.7 Å². The van der Waals surface area contributed by atoms with Crippen LogP contribution in [0.5, 0.6) is 0 Å². The minimum Gasteiger partial charge on any atom is -0.461 e. The number of fused-ring (bicyclic) bond motifs is 1. The summed E-state index contributed by atoms with van der Waals surface area (Å²) in [6.45, 7) is -1.66. The molecule has 1 heterocycles. The molecule has 4 rings (SSSR count). The fourth-order valence-electron chi connectivity index (χ4n) is 4.03. The van der Waals surface area contributed by atoms with Crippen LogP contribution in [0.25, 0.3) is 0 Å². The quantitative estimate of drug-likeness (QED) is 0.217. The van der Waals surface area contributed by atoms with Crippen LogP contribution in [0.2, 0.25) is 5.02 Å². The molecule has 1 aliphatic rings. The van der Waals surface area contributed by atoms with Gasteiger partial charge >= 0.3 is 24.3 Å². The summed E-state index contributed by atoms with van der Waals surface area (Å²) in [7, 11) is 0. The Kier molecular flexibility index (Phi) is 8.23. The van der Waals surface area contributed by atoms with Gasteiger partial charge in [-0.15, -0.1) is 11.8 Å². The number of benzene rings is 3. The highest BCUT2D eigenvalue weighted by Crippen LogP contribution is 2.44. The fourth-order valence-corrected chi connectivity index (χ4v) is 5.61. The van der Waals surface area contributed by atoms with E-state index in [4.69, 9.17) is 21.1 Å². The largest absolute Gasteiger partial charge is 0.461 e. The standard InChI is InChI=1S/C27H17ClF6O5S/c28-20-11-5-8-17-21(20)40-14-25(22(17)35,12-38-23(36)15-6-1-3-9-18(15)26(29,30)31)13-39-24(37)16-7-2-4-10-19(16)27(32,33)34/h1-11H,12-14H2. The monoisotopic (exact) mass is 602 g/mol. The lowest BCUT2D eigenvalue weighted by Crippen LogP contribution is -2.46. The van der Waals surface area contributed by atoms with Crippen molar-refractivity contribution in [2.24, 2.45) is 5.41 Å². The van der Waals surface area contributed by atoms with E-state index in [1.165, 1.54) is 30.3 Å². The first-order chi connectivity index (χ1) is 18.7. The SMILES string of the molecule is O=C(OCC1(COC(=O)c2ccccc2C(F)(F)F)CSc2c(Cl)cccc2C1=O)c1ccccc1C(F)(F)F. The Labute approximate surface area is 232 Å². The Morgan fingerprint density at radius 2 is 1.25 bits per heavy atom. The fraction of sp³-hybridized carbons (Fsp3) is 0.222. The predicted molar refractivity (Wildman–Crippen MR) is 132 cm³/mol. The van der Waals surface area contributed by atoms with Crippen LogP contribution in [0.4, 0.5) is 26.3 Å². The molecule has 40 heavy (non-hydrogen) atoms. The average molecular weight is 603 g/mol. The summed E-state index contributed by atoms with van der Waals surface area (Å²) in [5.74, 6) is -3.70. The van der Waals surface area contributed by atoms with Crippen LogP contribution < -0.4 is 0 Å². The van der Waals surface area contributed by atoms with Crippen LogP contribution >= 0.6 is 23.4 Å². The van der Waals surface area contributed by atoms with Gasteiger partial charge in [0.05, 0.1) is 27.3 Å². The topological polar surface area (TPSA) is 69.7 Å². The summed E-state index contributed by atoms with van der Waals surface area (Å²) in [6, 6.07) is 12.1. The van der Waals surface area contributed by atoms with E-state index in [0.29, 0.717) is 17.0 Å². The molecular formula is C27H17ClF6O5S. The van der Waals surface area contributed by atoms with Crippen molar-refractivity contribution in [3.63, 3.8) is 0 Å². The molecule has 5 nitrogen and oxygen atoms in total. The second-order valence-corrected chi connectivity index (χ2v) is 10.1. The number of ketones is 1. The number of hydrogen-bond acceptors (Lipinski definition) is 6. The third kappa shape index (κ3) is 5.97. The van der Waals surface area contributed by atoms with Crippen molar-refractivity contribution in [2.75, 3.05) is 19.0 Å². The molecule has 0 atom stereocenters. The molecule has 0 unspecified atom stereocenters. The molecule has 0 aromatic heterocycles. The molecule has 13 heteroatoms. The molecule has 0 spiro atoms. The van der Waals surface area contributed by atoms with Gasteiger partial charge in [-0.3, -0.25) is 4.79 Å². The number of ether oxygens (including phenoxy) is 2. The number of alkyl halides is 6. The van der Waals surface area contributed by atoms with Gasteiger partial charge in [0, 0.05) is 16.2 Å². The number of hydrogen-bond donors (Lipinski definition) is 0. The number of esters is 2. The highest BCUT2D eigenvalue weighted by Gasteiger charge is 2.47. The summed E-state index contributed by atoms with van der Waals surface area (Å²) in [4.78, 5) is 39.5. The first-order valence-electron chi connectivity index (χ1n) is 11.4. The predicted octanol–water partition coefficient (Wildman–Crippen LogP) is 7.37. The van der Waals surface area contributed by atoms with Crippen LogP contribution in [0.3, 0.4) is 0 Å². The lowest BCUT2D eigenvalue weighted by molar-refractivity contribution is -0.138. The molecule has 210 valence electrons. The van der Waals surface area contributed by atoms with Gasteiger partial charge in [-0.25, -0.2) is 9.59 Å². The molecule has 0 bridgehead atoms. The molecule has 0 aliphatic carbocycles. The van der Waals surface area contributed by atoms with Crippen LogP contribution in [-0.2, 0) is 21.8 Å². The average Bonchev–Trinajstić information content (AvgIpc) is 2.91. The van der Waals surface area contributed by atoms with Gasteiger partial charge in [0.2, 0.25) is 0 Å². The lowest BCUT2D eigenvalue weighted by Gasteiger charge is -2.35. The van der Waals surface area contributed by atoms with Crippen molar-refractivity contribution in [2.45, 2.75) is 17.2 Å². The van der Waals surface area contributed by atoms with Gasteiger partial charge in [0.1, 0.15) is 18.6 Å². The zero-order chi connectivity index (χ0) is 29.3. The smallest absolute Gasteiger partial charge is 0.417 e. The maximum atomic E-state index is 13.6.